The first kappa shape index (κ1) is 5.90. The summed E-state index contributed by atoms with van der Waals surface area (Å²) in [4.78, 5) is 12.2. The van der Waals surface area contributed by atoms with Crippen molar-refractivity contribution in [1.29, 1.82) is 0 Å². The van der Waals surface area contributed by atoms with Gasteiger partial charge in [0.25, 0.3) is 0 Å². The second-order valence-electron chi connectivity index (χ2n) is 1.89. The van der Waals surface area contributed by atoms with Crippen LogP contribution in [0.15, 0.2) is 11.8 Å². The molecule has 0 saturated heterocycles. The molecule has 0 atom stereocenters. The van der Waals surface area contributed by atoms with Gasteiger partial charge >= 0.3 is 0 Å². The Bertz CT molecular complexity index is 209. The summed E-state index contributed by atoms with van der Waals surface area (Å²) in [6.45, 7) is 0. The molecule has 1 heterocycles. The molecule has 9 heavy (non-hydrogen) atoms. The van der Waals surface area contributed by atoms with Crippen LogP contribution >= 0.6 is 0 Å². The van der Waals surface area contributed by atoms with E-state index in [4.69, 9.17) is 6.42 Å². The van der Waals surface area contributed by atoms with E-state index in [-0.39, 0.29) is 5.91 Å². The Labute approximate surface area is 54.2 Å². The van der Waals surface area contributed by atoms with E-state index in [9.17, 15) is 4.79 Å². The van der Waals surface area contributed by atoms with E-state index in [1.165, 1.54) is 4.90 Å². The molecule has 0 bridgehead atoms. The molecule has 1 aliphatic heterocycles. The smallest absolute Gasteiger partial charge is 0.231 e. The highest BCUT2D eigenvalue weighted by Gasteiger charge is 2.16. The van der Waals surface area contributed by atoms with Crippen LogP contribution in [0.3, 0.4) is 0 Å². The number of carbonyl (C=O) groups excluding carboxylic acids is 1. The first-order chi connectivity index (χ1) is 4.25. The van der Waals surface area contributed by atoms with Gasteiger partial charge in [-0.3, -0.25) is 4.79 Å². The van der Waals surface area contributed by atoms with Gasteiger partial charge in [0.1, 0.15) is 0 Å². The van der Waals surface area contributed by atoms with Gasteiger partial charge in [-0.1, -0.05) is 5.92 Å². The van der Waals surface area contributed by atoms with Crippen LogP contribution in [0.4, 0.5) is 0 Å². The van der Waals surface area contributed by atoms with E-state index in [1.54, 1.807) is 13.1 Å². The highest BCUT2D eigenvalue weighted by atomic mass is 16.2. The Morgan fingerprint density at radius 3 is 2.78 bits per heavy atom. The Morgan fingerprint density at radius 1 is 1.89 bits per heavy atom. The average Bonchev–Trinajstić information content (AvgIpc) is 2.15. The Kier molecular flexibility index (Phi) is 1.27. The largest absolute Gasteiger partial charge is 0.308 e. The van der Waals surface area contributed by atoms with Gasteiger partial charge in [0.05, 0.1) is 5.70 Å². The summed E-state index contributed by atoms with van der Waals surface area (Å²) >= 11 is 0. The third-order valence-corrected chi connectivity index (χ3v) is 1.35. The summed E-state index contributed by atoms with van der Waals surface area (Å²) in [6.07, 6.45) is 7.28. The van der Waals surface area contributed by atoms with Crippen LogP contribution in [0.5, 0.6) is 0 Å². The van der Waals surface area contributed by atoms with E-state index >= 15 is 0 Å². The molecule has 1 rings (SSSR count). The van der Waals surface area contributed by atoms with Crippen molar-refractivity contribution in [2.24, 2.45) is 0 Å². The predicted molar refractivity (Wildman–Crippen MR) is 34.3 cm³/mol. The fourth-order valence-corrected chi connectivity index (χ4v) is 0.748. The number of terminal acetylenes is 1. The van der Waals surface area contributed by atoms with Crippen molar-refractivity contribution >= 4 is 5.91 Å². The maximum absolute atomic E-state index is 10.7. The van der Waals surface area contributed by atoms with E-state index < -0.39 is 0 Å². The number of hydrogen-bond acceptors (Lipinski definition) is 1. The molecule has 1 amide bonds. The quantitative estimate of drug-likeness (QED) is 0.424. The lowest BCUT2D eigenvalue weighted by molar-refractivity contribution is -0.125. The van der Waals surface area contributed by atoms with Crippen LogP contribution in [0.2, 0.25) is 0 Å². The molecule has 0 fully saturated rings. The Hall–Kier alpha value is -1.23. The maximum atomic E-state index is 10.7. The third-order valence-electron chi connectivity index (χ3n) is 1.35. The molecular weight excluding hydrogens is 114 g/mol. The number of nitrogens with zero attached hydrogens (tertiary/aromatic N) is 1. The molecule has 0 aromatic heterocycles. The Balaban J connectivity index is 2.81. The van der Waals surface area contributed by atoms with Gasteiger partial charge in [0, 0.05) is 13.5 Å². The molecule has 0 aromatic rings. The number of rotatable bonds is 0. The maximum Gasteiger partial charge on any atom is 0.231 e. The van der Waals surface area contributed by atoms with E-state index in [0.29, 0.717) is 12.1 Å². The molecular formula is C7H7NO. The zero-order valence-electron chi connectivity index (χ0n) is 5.22. The minimum absolute atomic E-state index is 0.0722. The minimum atomic E-state index is 0.0722. The fraction of sp³-hybridized carbons (Fsp3) is 0.286. The zero-order chi connectivity index (χ0) is 6.85. The lowest BCUT2D eigenvalue weighted by Gasteiger charge is -2.07. The summed E-state index contributed by atoms with van der Waals surface area (Å²) in [5, 5.41) is 0. The summed E-state index contributed by atoms with van der Waals surface area (Å²) in [5.74, 6) is 2.48. The molecule has 1 aliphatic rings. The van der Waals surface area contributed by atoms with E-state index in [0.717, 1.165) is 0 Å². The molecule has 2 heteroatoms. The molecule has 0 N–H and O–H groups in total. The summed E-state index contributed by atoms with van der Waals surface area (Å²) in [7, 11) is 1.68. The van der Waals surface area contributed by atoms with Gasteiger partial charge in [-0.05, 0) is 6.08 Å². The van der Waals surface area contributed by atoms with Gasteiger partial charge in [-0.15, -0.1) is 6.42 Å². The first-order valence-corrected chi connectivity index (χ1v) is 2.69. The van der Waals surface area contributed by atoms with Gasteiger partial charge in [-0.25, -0.2) is 0 Å². The molecule has 0 saturated carbocycles. The van der Waals surface area contributed by atoms with Crippen molar-refractivity contribution in [3.63, 3.8) is 0 Å². The van der Waals surface area contributed by atoms with Crippen molar-refractivity contribution < 1.29 is 4.79 Å². The molecule has 46 valence electrons. The number of allylic oxidation sites excluding steroid dienone is 1. The van der Waals surface area contributed by atoms with Gasteiger partial charge in [0.2, 0.25) is 5.91 Å². The summed E-state index contributed by atoms with van der Waals surface area (Å²) < 4.78 is 0. The van der Waals surface area contributed by atoms with Crippen molar-refractivity contribution in [1.82, 2.24) is 4.90 Å². The van der Waals surface area contributed by atoms with Crippen LogP contribution in [0, 0.1) is 12.3 Å². The van der Waals surface area contributed by atoms with Crippen molar-refractivity contribution in [3.05, 3.63) is 11.8 Å². The standard InChI is InChI=1S/C7H7NO/c1-3-6-4-5-7(9)8(6)2/h1,4H,5H2,2H3. The van der Waals surface area contributed by atoms with Crippen LogP contribution in [-0.2, 0) is 4.79 Å². The normalized spacial score (nSPS) is 17.6. The van der Waals surface area contributed by atoms with Crippen molar-refractivity contribution in [2.75, 3.05) is 7.05 Å². The lowest BCUT2D eigenvalue weighted by atomic mass is 10.4. The second-order valence-corrected chi connectivity index (χ2v) is 1.89. The second kappa shape index (κ2) is 1.94. The zero-order valence-corrected chi connectivity index (χ0v) is 5.22. The molecule has 0 spiro atoms. The predicted octanol–water partition coefficient (Wildman–Crippen LogP) is 0.366. The minimum Gasteiger partial charge on any atom is -0.308 e. The highest BCUT2D eigenvalue weighted by molar-refractivity contribution is 5.83. The van der Waals surface area contributed by atoms with E-state index in [1.807, 2.05) is 0 Å². The van der Waals surface area contributed by atoms with Crippen LogP contribution in [0.1, 0.15) is 6.42 Å². The third kappa shape index (κ3) is 0.812. The molecule has 2 nitrogen and oxygen atoms in total. The SMILES string of the molecule is C#CC1=CCC(=O)N1C. The van der Waals surface area contributed by atoms with Crippen molar-refractivity contribution in [3.8, 4) is 12.3 Å². The topological polar surface area (TPSA) is 20.3 Å². The van der Waals surface area contributed by atoms with Crippen LogP contribution < -0.4 is 0 Å². The summed E-state index contributed by atoms with van der Waals surface area (Å²) in [6, 6.07) is 0. The fourth-order valence-electron chi connectivity index (χ4n) is 0.748. The average molecular weight is 121 g/mol. The van der Waals surface area contributed by atoms with Crippen LogP contribution in [-0.4, -0.2) is 17.9 Å². The molecule has 0 radical (unpaired) electrons. The number of carbonyl (C=O) groups is 1. The number of hydrogen-bond donors (Lipinski definition) is 0. The lowest BCUT2D eigenvalue weighted by Crippen LogP contribution is -2.18. The molecule has 0 aliphatic carbocycles. The van der Waals surface area contributed by atoms with Crippen molar-refractivity contribution in [2.45, 2.75) is 6.42 Å². The summed E-state index contributed by atoms with van der Waals surface area (Å²) in [5.41, 5.74) is 0.681. The Morgan fingerprint density at radius 2 is 2.56 bits per heavy atom. The van der Waals surface area contributed by atoms with Gasteiger partial charge < -0.3 is 4.90 Å². The highest BCUT2D eigenvalue weighted by Crippen LogP contribution is 2.11. The van der Waals surface area contributed by atoms with Crippen LogP contribution in [0.25, 0.3) is 0 Å². The molecule has 0 unspecified atom stereocenters. The first-order valence-electron chi connectivity index (χ1n) is 2.69. The van der Waals surface area contributed by atoms with E-state index in [2.05, 4.69) is 5.92 Å². The number of amides is 1. The van der Waals surface area contributed by atoms with Gasteiger partial charge in [0.15, 0.2) is 0 Å². The molecule has 0 aromatic carbocycles. The van der Waals surface area contributed by atoms with Gasteiger partial charge in [-0.2, -0.15) is 0 Å². The monoisotopic (exact) mass is 121 g/mol.